The van der Waals surface area contributed by atoms with Gasteiger partial charge in [0.15, 0.2) is 0 Å². The zero-order valence-corrected chi connectivity index (χ0v) is 20.0. The van der Waals surface area contributed by atoms with Crippen molar-refractivity contribution in [2.75, 3.05) is 35.1 Å². The zero-order valence-electron chi connectivity index (χ0n) is 19.1. The highest BCUT2D eigenvalue weighted by Crippen LogP contribution is 2.34. The lowest BCUT2D eigenvalue weighted by Gasteiger charge is -2.22. The number of carbonyl (C=O) groups is 1. The van der Waals surface area contributed by atoms with Gasteiger partial charge in [0.25, 0.3) is 15.9 Å². The van der Waals surface area contributed by atoms with Crippen molar-refractivity contribution in [1.29, 1.82) is 0 Å². The number of para-hydroxylation sites is 2. The van der Waals surface area contributed by atoms with Crippen LogP contribution in [0, 0.1) is 0 Å². The molecule has 180 valence electrons. The number of hydrogen-bond acceptors (Lipinski definition) is 6. The van der Waals surface area contributed by atoms with Crippen molar-refractivity contribution in [3.63, 3.8) is 0 Å². The molecule has 1 amide bonds. The number of hydrogen-bond donors (Lipinski definition) is 2. The van der Waals surface area contributed by atoms with E-state index in [4.69, 9.17) is 4.74 Å². The molecule has 2 aromatic heterocycles. The maximum absolute atomic E-state index is 13.6. The van der Waals surface area contributed by atoms with Crippen LogP contribution in [-0.2, 0) is 10.0 Å². The number of anilines is 3. The van der Waals surface area contributed by atoms with Crippen LogP contribution in [0.3, 0.4) is 0 Å². The molecule has 1 aliphatic heterocycles. The Balaban J connectivity index is 1.49. The van der Waals surface area contributed by atoms with Crippen molar-refractivity contribution < 1.29 is 17.9 Å². The molecule has 9 nitrogen and oxygen atoms in total. The fourth-order valence-corrected chi connectivity index (χ4v) is 5.52. The van der Waals surface area contributed by atoms with Crippen molar-refractivity contribution in [3.05, 3.63) is 78.8 Å². The summed E-state index contributed by atoms with van der Waals surface area (Å²) < 4.78 is 36.8. The Labute approximate surface area is 203 Å². The molecule has 0 bridgehead atoms. The molecule has 1 saturated heterocycles. The van der Waals surface area contributed by atoms with E-state index in [0.717, 1.165) is 25.9 Å². The summed E-state index contributed by atoms with van der Waals surface area (Å²) in [5, 5.41) is 2.79. The SMILES string of the molecule is COc1ccccc1NS(=O)(=O)c1cc(NC(=O)c2cn3ccccc3n2)ccc1N1CCCC1. The Hall–Kier alpha value is -4.05. The third-order valence-electron chi connectivity index (χ3n) is 5.90. The maximum Gasteiger partial charge on any atom is 0.275 e. The van der Waals surface area contributed by atoms with Gasteiger partial charge >= 0.3 is 0 Å². The van der Waals surface area contributed by atoms with Crippen LogP contribution in [0.1, 0.15) is 23.3 Å². The highest BCUT2D eigenvalue weighted by molar-refractivity contribution is 7.93. The van der Waals surface area contributed by atoms with Crippen LogP contribution in [-0.4, -0.2) is 43.9 Å². The third-order valence-corrected chi connectivity index (χ3v) is 7.30. The standard InChI is InChI=1S/C25H25N5O4S/c1-34-22-9-3-2-8-19(22)28-35(32,33)23-16-18(11-12-21(23)29-13-6-7-14-29)26-25(31)20-17-30-15-5-4-10-24(30)27-20/h2-5,8-12,15-17,28H,6-7,13-14H2,1H3,(H,26,31). The summed E-state index contributed by atoms with van der Waals surface area (Å²) in [6, 6.07) is 17.2. The van der Waals surface area contributed by atoms with Crippen LogP contribution < -0.4 is 19.7 Å². The molecule has 0 radical (unpaired) electrons. The maximum atomic E-state index is 13.6. The number of nitrogens with zero attached hydrogens (tertiary/aromatic N) is 3. The number of sulfonamides is 1. The van der Waals surface area contributed by atoms with Gasteiger partial charge in [-0.3, -0.25) is 9.52 Å². The topological polar surface area (TPSA) is 105 Å². The van der Waals surface area contributed by atoms with E-state index in [2.05, 4.69) is 15.0 Å². The van der Waals surface area contributed by atoms with E-state index in [1.165, 1.54) is 13.2 Å². The summed E-state index contributed by atoms with van der Waals surface area (Å²) in [5.74, 6) is -0.0150. The fraction of sp³-hybridized carbons (Fsp3) is 0.200. The molecular formula is C25H25N5O4S. The average Bonchev–Trinajstić information content (AvgIpc) is 3.54. The monoisotopic (exact) mass is 491 g/mol. The second-order valence-electron chi connectivity index (χ2n) is 8.23. The van der Waals surface area contributed by atoms with Crippen LogP contribution in [0.5, 0.6) is 5.75 Å². The van der Waals surface area contributed by atoms with E-state index in [0.29, 0.717) is 28.5 Å². The van der Waals surface area contributed by atoms with Crippen molar-refractivity contribution in [3.8, 4) is 5.75 Å². The molecule has 1 aliphatic rings. The Bertz CT molecular complexity index is 1460. The third kappa shape index (κ3) is 4.65. The predicted molar refractivity (Wildman–Crippen MR) is 135 cm³/mol. The first-order chi connectivity index (χ1) is 16.9. The molecule has 0 spiro atoms. The van der Waals surface area contributed by atoms with Crippen LogP contribution in [0.2, 0.25) is 0 Å². The predicted octanol–water partition coefficient (Wildman–Crippen LogP) is 4.00. The number of rotatable bonds is 7. The highest BCUT2D eigenvalue weighted by atomic mass is 32.2. The number of carbonyl (C=O) groups excluding carboxylic acids is 1. The quantitative estimate of drug-likeness (QED) is 0.405. The van der Waals surface area contributed by atoms with Gasteiger partial charge in [0.05, 0.1) is 18.5 Å². The number of methoxy groups -OCH3 is 1. The van der Waals surface area contributed by atoms with Crippen LogP contribution in [0.4, 0.5) is 17.1 Å². The van der Waals surface area contributed by atoms with Crippen molar-refractivity contribution in [2.45, 2.75) is 17.7 Å². The lowest BCUT2D eigenvalue weighted by atomic mass is 10.2. The summed E-state index contributed by atoms with van der Waals surface area (Å²) in [6.07, 6.45) is 5.42. The van der Waals surface area contributed by atoms with Gasteiger partial charge in [-0.1, -0.05) is 18.2 Å². The minimum Gasteiger partial charge on any atom is -0.495 e. The van der Waals surface area contributed by atoms with E-state index in [-0.39, 0.29) is 10.6 Å². The summed E-state index contributed by atoms with van der Waals surface area (Å²) in [5.41, 5.74) is 2.16. The van der Waals surface area contributed by atoms with E-state index >= 15 is 0 Å². The Kier molecular flexibility index (Phi) is 6.04. The molecular weight excluding hydrogens is 466 g/mol. The van der Waals surface area contributed by atoms with Gasteiger partial charge in [-0.15, -0.1) is 0 Å². The summed E-state index contributed by atoms with van der Waals surface area (Å²) in [4.78, 5) is 19.3. The first-order valence-corrected chi connectivity index (χ1v) is 12.7. The molecule has 0 unspecified atom stereocenters. The number of amides is 1. The normalized spacial score (nSPS) is 13.7. The van der Waals surface area contributed by atoms with Gasteiger partial charge in [0.2, 0.25) is 0 Å². The van der Waals surface area contributed by atoms with Crippen molar-refractivity contribution >= 4 is 38.6 Å². The largest absolute Gasteiger partial charge is 0.495 e. The van der Waals surface area contributed by atoms with Gasteiger partial charge in [0.1, 0.15) is 22.0 Å². The number of benzene rings is 2. The van der Waals surface area contributed by atoms with Gasteiger partial charge in [0, 0.05) is 31.2 Å². The number of fused-ring (bicyclic) bond motifs is 1. The Morgan fingerprint density at radius 1 is 1.03 bits per heavy atom. The van der Waals surface area contributed by atoms with Crippen molar-refractivity contribution in [2.24, 2.45) is 0 Å². The number of pyridine rings is 1. The van der Waals surface area contributed by atoms with E-state index < -0.39 is 15.9 Å². The number of imidazole rings is 1. The smallest absolute Gasteiger partial charge is 0.275 e. The van der Waals surface area contributed by atoms with Crippen LogP contribution >= 0.6 is 0 Å². The molecule has 2 aromatic carbocycles. The van der Waals surface area contributed by atoms with Crippen LogP contribution in [0.15, 0.2) is 78.0 Å². The molecule has 2 N–H and O–H groups in total. The second-order valence-corrected chi connectivity index (χ2v) is 9.88. The van der Waals surface area contributed by atoms with E-state index in [1.54, 1.807) is 59.3 Å². The van der Waals surface area contributed by atoms with Gasteiger partial charge in [-0.25, -0.2) is 13.4 Å². The second kappa shape index (κ2) is 9.30. The van der Waals surface area contributed by atoms with Crippen molar-refractivity contribution in [1.82, 2.24) is 9.38 Å². The fourth-order valence-electron chi connectivity index (χ4n) is 4.19. The Morgan fingerprint density at radius 2 is 1.80 bits per heavy atom. The molecule has 1 fully saturated rings. The Morgan fingerprint density at radius 3 is 2.57 bits per heavy atom. The van der Waals surface area contributed by atoms with E-state index in [1.807, 2.05) is 17.0 Å². The highest BCUT2D eigenvalue weighted by Gasteiger charge is 2.26. The summed E-state index contributed by atoms with van der Waals surface area (Å²) >= 11 is 0. The van der Waals surface area contributed by atoms with E-state index in [9.17, 15) is 13.2 Å². The lowest BCUT2D eigenvalue weighted by Crippen LogP contribution is -2.23. The van der Waals surface area contributed by atoms with Gasteiger partial charge in [-0.05, 0) is 55.3 Å². The summed E-state index contributed by atoms with van der Waals surface area (Å²) in [6.45, 7) is 1.54. The molecule has 5 rings (SSSR count). The minimum absolute atomic E-state index is 0.0816. The molecule has 35 heavy (non-hydrogen) atoms. The first-order valence-electron chi connectivity index (χ1n) is 11.2. The molecule has 0 atom stereocenters. The minimum atomic E-state index is -4.00. The molecule has 10 heteroatoms. The number of aromatic nitrogens is 2. The first kappa shape index (κ1) is 22.7. The molecule has 0 aliphatic carbocycles. The molecule has 0 saturated carbocycles. The van der Waals surface area contributed by atoms with Gasteiger partial charge in [-0.2, -0.15) is 0 Å². The number of nitrogens with one attached hydrogen (secondary N) is 2. The van der Waals surface area contributed by atoms with Crippen LogP contribution in [0.25, 0.3) is 5.65 Å². The molecule has 4 aromatic rings. The molecule has 3 heterocycles. The van der Waals surface area contributed by atoms with Gasteiger partial charge < -0.3 is 19.4 Å². The zero-order chi connectivity index (χ0) is 24.4. The lowest BCUT2D eigenvalue weighted by molar-refractivity contribution is 0.102. The number of ether oxygens (including phenoxy) is 1. The summed E-state index contributed by atoms with van der Waals surface area (Å²) in [7, 11) is -2.52. The average molecular weight is 492 g/mol.